The van der Waals surface area contributed by atoms with Crippen LogP contribution >= 0.6 is 0 Å². The average molecular weight is 266 g/mol. The van der Waals surface area contributed by atoms with Crippen molar-refractivity contribution in [2.75, 3.05) is 0 Å². The van der Waals surface area contributed by atoms with Crippen LogP contribution in [0.1, 0.15) is 71.6 Å². The Morgan fingerprint density at radius 2 is 1.74 bits per heavy atom. The second-order valence-electron chi connectivity index (χ2n) is 7.70. The fourth-order valence-electron chi connectivity index (χ4n) is 4.81. The van der Waals surface area contributed by atoms with E-state index in [2.05, 4.69) is 13.8 Å². The molecule has 2 heteroatoms. The van der Waals surface area contributed by atoms with E-state index in [1.165, 1.54) is 38.5 Å². The van der Waals surface area contributed by atoms with Crippen molar-refractivity contribution >= 4 is 0 Å². The Morgan fingerprint density at radius 1 is 1.00 bits per heavy atom. The second-order valence-corrected chi connectivity index (χ2v) is 7.70. The lowest BCUT2D eigenvalue weighted by Crippen LogP contribution is -2.55. The molecule has 0 aromatic rings. The summed E-state index contributed by atoms with van der Waals surface area (Å²) in [6.07, 6.45) is 11.8. The number of aliphatic hydroxyl groups is 1. The molecule has 0 aromatic heterocycles. The molecule has 1 saturated heterocycles. The Hall–Kier alpha value is -0.0800. The lowest BCUT2D eigenvalue weighted by molar-refractivity contribution is -0.209. The molecule has 1 heterocycles. The van der Waals surface area contributed by atoms with E-state index in [-0.39, 0.29) is 0 Å². The number of hydrogen-bond donors (Lipinski definition) is 1. The molecule has 0 amide bonds. The zero-order valence-corrected chi connectivity index (χ0v) is 12.6. The number of hydrogen-bond acceptors (Lipinski definition) is 2. The molecule has 2 aliphatic carbocycles. The molecule has 0 aromatic carbocycles. The molecule has 1 aliphatic heterocycles. The maximum atomic E-state index is 10.9. The van der Waals surface area contributed by atoms with Gasteiger partial charge in [0.15, 0.2) is 0 Å². The molecule has 0 spiro atoms. The summed E-state index contributed by atoms with van der Waals surface area (Å²) < 4.78 is 6.48. The Kier molecular flexibility index (Phi) is 3.92. The van der Waals surface area contributed by atoms with Crippen molar-refractivity contribution in [1.82, 2.24) is 0 Å². The van der Waals surface area contributed by atoms with Gasteiger partial charge < -0.3 is 9.84 Å². The van der Waals surface area contributed by atoms with E-state index >= 15 is 0 Å². The summed E-state index contributed by atoms with van der Waals surface area (Å²) in [6.45, 7) is 4.40. The van der Waals surface area contributed by atoms with E-state index in [9.17, 15) is 5.11 Å². The Morgan fingerprint density at radius 3 is 2.47 bits per heavy atom. The van der Waals surface area contributed by atoms with Gasteiger partial charge in [-0.3, -0.25) is 0 Å². The molecule has 0 radical (unpaired) electrons. The van der Waals surface area contributed by atoms with Crippen LogP contribution in [0.15, 0.2) is 0 Å². The highest BCUT2D eigenvalue weighted by atomic mass is 16.5. The molecular weight excluding hydrogens is 236 g/mol. The fraction of sp³-hybridized carbons (Fsp3) is 1.00. The van der Waals surface area contributed by atoms with Crippen molar-refractivity contribution in [3.05, 3.63) is 0 Å². The van der Waals surface area contributed by atoms with Gasteiger partial charge in [-0.2, -0.15) is 0 Å². The van der Waals surface area contributed by atoms with Gasteiger partial charge in [0.2, 0.25) is 0 Å². The first-order valence-electron chi connectivity index (χ1n) is 8.44. The average Bonchev–Trinajstić information content (AvgIpc) is 2.38. The molecule has 19 heavy (non-hydrogen) atoms. The molecule has 0 unspecified atom stereocenters. The molecule has 3 aliphatic rings. The van der Waals surface area contributed by atoms with Gasteiger partial charge in [-0.15, -0.1) is 0 Å². The normalized spacial score (nSPS) is 48.8. The lowest BCUT2D eigenvalue weighted by Gasteiger charge is -2.51. The summed E-state index contributed by atoms with van der Waals surface area (Å²) in [7, 11) is 0. The summed E-state index contributed by atoms with van der Waals surface area (Å²) in [5.74, 6) is 1.85. The van der Waals surface area contributed by atoms with Crippen LogP contribution in [0.25, 0.3) is 0 Å². The van der Waals surface area contributed by atoms with Crippen molar-refractivity contribution in [2.45, 2.75) is 89.4 Å². The van der Waals surface area contributed by atoms with Crippen LogP contribution < -0.4 is 0 Å². The van der Waals surface area contributed by atoms with Gasteiger partial charge in [0, 0.05) is 12.3 Å². The molecule has 0 bridgehead atoms. The minimum atomic E-state index is -0.495. The quantitative estimate of drug-likeness (QED) is 0.779. The topological polar surface area (TPSA) is 29.5 Å². The van der Waals surface area contributed by atoms with E-state index in [0.717, 1.165) is 25.2 Å². The maximum Gasteiger partial charge on any atom is 0.0697 e. The first-order chi connectivity index (χ1) is 9.06. The minimum absolute atomic E-state index is 0.319. The molecule has 3 rings (SSSR count). The number of rotatable bonds is 1. The van der Waals surface area contributed by atoms with Crippen LogP contribution in [0, 0.1) is 17.8 Å². The first kappa shape index (κ1) is 13.9. The van der Waals surface area contributed by atoms with E-state index in [4.69, 9.17) is 4.74 Å². The van der Waals surface area contributed by atoms with Crippen LogP contribution in [0.3, 0.4) is 0 Å². The summed E-state index contributed by atoms with van der Waals surface area (Å²) in [6, 6.07) is 0. The van der Waals surface area contributed by atoms with Gasteiger partial charge in [0.1, 0.15) is 0 Å². The van der Waals surface area contributed by atoms with Gasteiger partial charge in [0.25, 0.3) is 0 Å². The first-order valence-corrected chi connectivity index (χ1v) is 8.44. The molecule has 2 saturated carbocycles. The van der Waals surface area contributed by atoms with Crippen molar-refractivity contribution in [1.29, 1.82) is 0 Å². The van der Waals surface area contributed by atoms with Crippen LogP contribution in [-0.2, 0) is 4.74 Å². The maximum absolute atomic E-state index is 10.9. The smallest absolute Gasteiger partial charge is 0.0697 e. The van der Waals surface area contributed by atoms with Crippen LogP contribution in [0.2, 0.25) is 0 Å². The molecule has 1 N–H and O–H groups in total. The highest BCUT2D eigenvalue weighted by Crippen LogP contribution is 2.46. The summed E-state index contributed by atoms with van der Waals surface area (Å²) >= 11 is 0. The van der Waals surface area contributed by atoms with Crippen molar-refractivity contribution in [3.8, 4) is 0 Å². The van der Waals surface area contributed by atoms with E-state index in [0.29, 0.717) is 24.0 Å². The van der Waals surface area contributed by atoms with E-state index < -0.39 is 5.60 Å². The Balaban J connectivity index is 1.71. The van der Waals surface area contributed by atoms with Crippen molar-refractivity contribution in [2.24, 2.45) is 17.8 Å². The van der Waals surface area contributed by atoms with Crippen molar-refractivity contribution < 1.29 is 9.84 Å². The zero-order chi connectivity index (χ0) is 13.5. The standard InChI is InChI=1S/C17H30O2/c1-12-8-9-14-15(10-12)19-16(11-17(14,2)18)13-6-4-3-5-7-13/h12-16,18H,3-11H2,1-2H3/t12-,14-,15-,16-,17-/m1/s1. The van der Waals surface area contributed by atoms with Gasteiger partial charge in [-0.25, -0.2) is 0 Å². The summed E-state index contributed by atoms with van der Waals surface area (Å²) in [4.78, 5) is 0. The third-order valence-electron chi connectivity index (χ3n) is 5.99. The zero-order valence-electron chi connectivity index (χ0n) is 12.6. The number of ether oxygens (including phenoxy) is 1. The van der Waals surface area contributed by atoms with E-state index in [1.54, 1.807) is 0 Å². The highest BCUT2D eigenvalue weighted by Gasteiger charge is 2.48. The van der Waals surface area contributed by atoms with Crippen LogP contribution in [0.5, 0.6) is 0 Å². The minimum Gasteiger partial charge on any atom is -0.390 e. The SMILES string of the molecule is C[C@@H]1CC[C@@H]2[C@@H](C1)O[C@@H](C1CCCCC1)C[C@@]2(C)O. The molecule has 3 fully saturated rings. The van der Waals surface area contributed by atoms with Gasteiger partial charge in [-0.1, -0.05) is 32.6 Å². The van der Waals surface area contributed by atoms with Crippen LogP contribution in [0.4, 0.5) is 0 Å². The van der Waals surface area contributed by atoms with Gasteiger partial charge >= 0.3 is 0 Å². The van der Waals surface area contributed by atoms with Gasteiger partial charge in [0.05, 0.1) is 17.8 Å². The number of fused-ring (bicyclic) bond motifs is 1. The lowest BCUT2D eigenvalue weighted by atomic mass is 9.67. The largest absolute Gasteiger partial charge is 0.390 e. The summed E-state index contributed by atoms with van der Waals surface area (Å²) in [5, 5.41) is 10.9. The van der Waals surface area contributed by atoms with Gasteiger partial charge in [-0.05, 0) is 44.4 Å². The van der Waals surface area contributed by atoms with Crippen molar-refractivity contribution in [3.63, 3.8) is 0 Å². The molecule has 2 nitrogen and oxygen atoms in total. The third kappa shape index (κ3) is 2.85. The van der Waals surface area contributed by atoms with E-state index in [1.807, 2.05) is 0 Å². The second kappa shape index (κ2) is 5.37. The predicted octanol–water partition coefficient (Wildman–Crippen LogP) is 3.91. The molecular formula is C17H30O2. The highest BCUT2D eigenvalue weighted by molar-refractivity contribution is 4.98. The molecule has 110 valence electrons. The third-order valence-corrected chi connectivity index (χ3v) is 5.99. The fourth-order valence-corrected chi connectivity index (χ4v) is 4.81. The molecule has 5 atom stereocenters. The Bertz CT molecular complexity index is 306. The monoisotopic (exact) mass is 266 g/mol. The Labute approximate surface area is 117 Å². The van der Waals surface area contributed by atoms with Crippen LogP contribution in [-0.4, -0.2) is 22.9 Å². The summed E-state index contributed by atoms with van der Waals surface area (Å²) in [5.41, 5.74) is -0.495. The predicted molar refractivity (Wildman–Crippen MR) is 77.0 cm³/mol.